The molecule has 0 spiro atoms. The van der Waals surface area contributed by atoms with Crippen LogP contribution < -0.4 is 5.32 Å². The van der Waals surface area contributed by atoms with E-state index in [1.165, 1.54) is 6.92 Å². The van der Waals surface area contributed by atoms with Crippen molar-refractivity contribution in [1.82, 2.24) is 5.32 Å². The van der Waals surface area contributed by atoms with Crippen LogP contribution in [0.2, 0.25) is 0 Å². The van der Waals surface area contributed by atoms with Crippen LogP contribution in [0.25, 0.3) is 0 Å². The summed E-state index contributed by atoms with van der Waals surface area (Å²) in [6, 6.07) is 7.74. The Morgan fingerprint density at radius 1 is 1.24 bits per heavy atom. The third-order valence-corrected chi connectivity index (χ3v) is 2.32. The highest BCUT2D eigenvalue weighted by atomic mass is 32.1. The largest absolute Gasteiger partial charge is 0.466 e. The highest BCUT2D eigenvalue weighted by Crippen LogP contribution is 2.05. The molecule has 92 valence electrons. The zero-order valence-corrected chi connectivity index (χ0v) is 10.5. The number of benzene rings is 1. The molecule has 0 bridgehead atoms. The van der Waals surface area contributed by atoms with Gasteiger partial charge in [0.2, 0.25) is 0 Å². The molecule has 0 saturated heterocycles. The van der Waals surface area contributed by atoms with Gasteiger partial charge in [0.25, 0.3) is 5.24 Å². The molecule has 1 aromatic carbocycles. The fourth-order valence-corrected chi connectivity index (χ4v) is 1.39. The Morgan fingerprint density at radius 2 is 1.82 bits per heavy atom. The topological polar surface area (TPSA) is 55.4 Å². The molecular formula is C12H15NO3S. The summed E-state index contributed by atoms with van der Waals surface area (Å²) in [5, 5.41) is 2.25. The Bertz CT molecular complexity index is 389. The number of hydrogen-bond donors (Lipinski definition) is 2. The first-order valence-electron chi connectivity index (χ1n) is 5.26. The predicted molar refractivity (Wildman–Crippen MR) is 68.0 cm³/mol. The van der Waals surface area contributed by atoms with E-state index in [9.17, 15) is 9.59 Å². The van der Waals surface area contributed by atoms with Crippen molar-refractivity contribution in [1.29, 1.82) is 0 Å². The van der Waals surface area contributed by atoms with Crippen molar-refractivity contribution in [3.05, 3.63) is 35.4 Å². The summed E-state index contributed by atoms with van der Waals surface area (Å²) in [7, 11) is 0. The summed E-state index contributed by atoms with van der Waals surface area (Å²) in [5.74, 6) is -0.266. The number of ether oxygens (including phenoxy) is 1. The molecule has 1 N–H and O–H groups in total. The molecule has 0 aliphatic heterocycles. The number of amides is 1. The van der Waals surface area contributed by atoms with Crippen molar-refractivity contribution in [3.8, 4) is 0 Å². The third kappa shape index (κ3) is 5.97. The second kappa shape index (κ2) is 6.96. The first-order chi connectivity index (χ1) is 8.08. The van der Waals surface area contributed by atoms with E-state index in [0.29, 0.717) is 19.6 Å². The van der Waals surface area contributed by atoms with Gasteiger partial charge in [-0.3, -0.25) is 9.59 Å². The lowest BCUT2D eigenvalue weighted by molar-refractivity contribution is -0.140. The van der Waals surface area contributed by atoms with Gasteiger partial charge in [0, 0.05) is 19.9 Å². The Hall–Kier alpha value is -1.49. The van der Waals surface area contributed by atoms with Gasteiger partial charge in [-0.2, -0.15) is 0 Å². The van der Waals surface area contributed by atoms with Gasteiger partial charge in [-0.05, 0) is 11.1 Å². The number of hydrogen-bond acceptors (Lipinski definition) is 3. The maximum Gasteiger partial charge on any atom is 0.302 e. The minimum atomic E-state index is -0.344. The van der Waals surface area contributed by atoms with E-state index >= 15 is 0 Å². The average molecular weight is 253 g/mol. The maximum atomic E-state index is 10.6. The van der Waals surface area contributed by atoms with Gasteiger partial charge in [-0.15, -0.1) is 0 Å². The van der Waals surface area contributed by atoms with E-state index in [1.54, 1.807) is 0 Å². The monoisotopic (exact) mass is 253 g/mol. The number of nitrogens with one attached hydrogen (secondary N) is 1. The highest BCUT2D eigenvalue weighted by Gasteiger charge is 1.98. The first kappa shape index (κ1) is 13.6. The minimum Gasteiger partial charge on any atom is -0.466 e. The molecule has 4 nitrogen and oxygen atoms in total. The van der Waals surface area contributed by atoms with Crippen LogP contribution in [0.15, 0.2) is 24.3 Å². The van der Waals surface area contributed by atoms with Crippen molar-refractivity contribution in [2.75, 3.05) is 6.61 Å². The fraction of sp³-hybridized carbons (Fsp3) is 0.333. The lowest BCUT2D eigenvalue weighted by Crippen LogP contribution is -2.15. The lowest BCUT2D eigenvalue weighted by Gasteiger charge is -2.05. The van der Waals surface area contributed by atoms with Crippen molar-refractivity contribution in [3.63, 3.8) is 0 Å². The quantitative estimate of drug-likeness (QED) is 0.623. The van der Waals surface area contributed by atoms with Crippen molar-refractivity contribution in [2.24, 2.45) is 0 Å². The number of esters is 1. The lowest BCUT2D eigenvalue weighted by atomic mass is 10.1. The molecule has 0 heterocycles. The van der Waals surface area contributed by atoms with E-state index < -0.39 is 0 Å². The molecule has 0 aromatic heterocycles. The van der Waals surface area contributed by atoms with Crippen LogP contribution in [0.1, 0.15) is 18.1 Å². The number of carbonyl (C=O) groups is 2. The molecule has 1 aromatic rings. The van der Waals surface area contributed by atoms with Gasteiger partial charge in [-0.1, -0.05) is 36.9 Å². The van der Waals surface area contributed by atoms with Crippen molar-refractivity contribution in [2.45, 2.75) is 19.9 Å². The molecule has 0 saturated carbocycles. The van der Waals surface area contributed by atoms with Crippen LogP contribution in [0, 0.1) is 0 Å². The maximum absolute atomic E-state index is 10.6. The zero-order valence-electron chi connectivity index (χ0n) is 9.60. The Labute approximate surface area is 106 Å². The summed E-state index contributed by atoms with van der Waals surface area (Å²) in [4.78, 5) is 21.2. The van der Waals surface area contributed by atoms with Crippen LogP contribution in [-0.2, 0) is 22.5 Å². The average Bonchev–Trinajstić information content (AvgIpc) is 2.27. The Morgan fingerprint density at radius 3 is 2.35 bits per heavy atom. The van der Waals surface area contributed by atoms with E-state index in [2.05, 4.69) is 17.9 Å². The SMILES string of the molecule is CC(=O)OCCc1ccc(CNC(=O)S)cc1. The summed E-state index contributed by atoms with van der Waals surface area (Å²) in [5.41, 5.74) is 2.09. The molecule has 1 rings (SSSR count). The smallest absolute Gasteiger partial charge is 0.302 e. The molecule has 5 heteroatoms. The Kier molecular flexibility index (Phi) is 5.56. The van der Waals surface area contributed by atoms with Crippen LogP contribution >= 0.6 is 12.6 Å². The minimum absolute atomic E-state index is 0.266. The molecular weight excluding hydrogens is 238 g/mol. The van der Waals surface area contributed by atoms with Crippen LogP contribution in [0.3, 0.4) is 0 Å². The highest BCUT2D eigenvalue weighted by molar-refractivity contribution is 7.96. The molecule has 1 amide bonds. The van der Waals surface area contributed by atoms with Crippen LogP contribution in [-0.4, -0.2) is 17.8 Å². The first-order valence-corrected chi connectivity index (χ1v) is 5.70. The van der Waals surface area contributed by atoms with Gasteiger partial charge >= 0.3 is 5.97 Å². The van der Waals surface area contributed by atoms with Crippen molar-refractivity contribution < 1.29 is 14.3 Å². The van der Waals surface area contributed by atoms with E-state index in [4.69, 9.17) is 4.74 Å². The van der Waals surface area contributed by atoms with E-state index in [-0.39, 0.29) is 11.2 Å². The van der Waals surface area contributed by atoms with Crippen LogP contribution in [0.4, 0.5) is 4.79 Å². The molecule has 0 fully saturated rings. The summed E-state index contributed by atoms with van der Waals surface area (Å²) in [6.45, 7) is 2.25. The van der Waals surface area contributed by atoms with Crippen molar-refractivity contribution >= 4 is 23.8 Å². The number of carbonyl (C=O) groups excluding carboxylic acids is 2. The van der Waals surface area contributed by atoms with Crippen LogP contribution in [0.5, 0.6) is 0 Å². The molecule has 0 atom stereocenters. The zero-order chi connectivity index (χ0) is 12.7. The second-order valence-electron chi connectivity index (χ2n) is 3.57. The van der Waals surface area contributed by atoms with E-state index in [1.807, 2.05) is 24.3 Å². The normalized spacial score (nSPS) is 9.76. The molecule has 0 aliphatic carbocycles. The second-order valence-corrected chi connectivity index (χ2v) is 3.97. The summed E-state index contributed by atoms with van der Waals surface area (Å²) >= 11 is 3.62. The number of rotatable bonds is 5. The Balaban J connectivity index is 2.39. The van der Waals surface area contributed by atoms with E-state index in [0.717, 1.165) is 11.1 Å². The van der Waals surface area contributed by atoms with Gasteiger partial charge < -0.3 is 10.1 Å². The van der Waals surface area contributed by atoms with Gasteiger partial charge in [0.15, 0.2) is 0 Å². The fourth-order valence-electron chi connectivity index (χ4n) is 1.31. The molecule has 0 unspecified atom stereocenters. The molecule has 0 aliphatic rings. The molecule has 17 heavy (non-hydrogen) atoms. The predicted octanol–water partition coefficient (Wildman–Crippen LogP) is 1.93. The van der Waals surface area contributed by atoms with Gasteiger partial charge in [0.05, 0.1) is 6.61 Å². The van der Waals surface area contributed by atoms with Gasteiger partial charge in [-0.25, -0.2) is 0 Å². The van der Waals surface area contributed by atoms with Gasteiger partial charge in [0.1, 0.15) is 0 Å². The number of thiol groups is 1. The standard InChI is InChI=1S/C12H15NO3S/c1-9(14)16-7-6-10-2-4-11(5-3-10)8-13-12(15)17/h2-5H,6-8H2,1H3,(H2,13,15,17). The summed E-state index contributed by atoms with van der Waals surface area (Å²) in [6.07, 6.45) is 0.693. The summed E-state index contributed by atoms with van der Waals surface area (Å²) < 4.78 is 4.85. The molecule has 0 radical (unpaired) electrons. The third-order valence-electron chi connectivity index (χ3n) is 2.16.